The van der Waals surface area contributed by atoms with Crippen molar-refractivity contribution in [1.29, 1.82) is 0 Å². The number of fused-ring (bicyclic) bond motifs is 3. The maximum atomic E-state index is 12.5. The van der Waals surface area contributed by atoms with E-state index in [1.54, 1.807) is 20.8 Å². The van der Waals surface area contributed by atoms with Gasteiger partial charge in [-0.3, -0.25) is 25.2 Å². The highest BCUT2D eigenvalue weighted by molar-refractivity contribution is 5.90. The fraction of sp³-hybridized carbons (Fsp3) is 0.812. The van der Waals surface area contributed by atoms with Crippen molar-refractivity contribution in [3.05, 3.63) is 0 Å². The predicted molar refractivity (Wildman–Crippen MR) is 80.3 cm³/mol. The molecule has 22 heavy (non-hydrogen) atoms. The van der Waals surface area contributed by atoms with Crippen LogP contribution < -0.4 is 10.9 Å². The molecule has 1 unspecified atom stereocenters. The summed E-state index contributed by atoms with van der Waals surface area (Å²) in [5, 5.41) is 0. The monoisotopic (exact) mass is 310 g/mol. The Morgan fingerprint density at radius 1 is 1.09 bits per heavy atom. The number of hydrazine groups is 1. The first kappa shape index (κ1) is 16.8. The molecule has 0 spiro atoms. The number of ether oxygens (including phenoxy) is 1. The minimum atomic E-state index is -0.722. The summed E-state index contributed by atoms with van der Waals surface area (Å²) in [6, 6.07) is 0. The summed E-state index contributed by atoms with van der Waals surface area (Å²) >= 11 is 0. The van der Waals surface area contributed by atoms with Crippen molar-refractivity contribution in [1.82, 2.24) is 10.9 Å². The third-order valence-corrected chi connectivity index (χ3v) is 5.12. The van der Waals surface area contributed by atoms with Crippen LogP contribution in [0.15, 0.2) is 0 Å². The lowest BCUT2D eigenvalue weighted by molar-refractivity contribution is -0.170. The van der Waals surface area contributed by atoms with Crippen LogP contribution in [0.4, 0.5) is 0 Å². The SMILES string of the molecule is COC(=O)C12CCC(CC1)CC2C(=O)NNC(=O)C(C)(C)C. The molecule has 0 aromatic heterocycles. The molecule has 3 aliphatic rings. The third kappa shape index (κ3) is 2.96. The summed E-state index contributed by atoms with van der Waals surface area (Å²) in [6.07, 6.45) is 4.00. The van der Waals surface area contributed by atoms with E-state index in [0.29, 0.717) is 25.2 Å². The lowest BCUT2D eigenvalue weighted by Gasteiger charge is -2.49. The van der Waals surface area contributed by atoms with Crippen molar-refractivity contribution in [3.63, 3.8) is 0 Å². The van der Waals surface area contributed by atoms with Crippen molar-refractivity contribution in [3.8, 4) is 0 Å². The second kappa shape index (κ2) is 5.89. The van der Waals surface area contributed by atoms with Crippen molar-refractivity contribution < 1.29 is 19.1 Å². The first-order valence-electron chi connectivity index (χ1n) is 7.89. The van der Waals surface area contributed by atoms with E-state index in [1.165, 1.54) is 7.11 Å². The van der Waals surface area contributed by atoms with Gasteiger partial charge in [0.25, 0.3) is 0 Å². The highest BCUT2D eigenvalue weighted by Crippen LogP contribution is 2.54. The van der Waals surface area contributed by atoms with E-state index in [-0.39, 0.29) is 17.8 Å². The number of nitrogens with one attached hydrogen (secondary N) is 2. The van der Waals surface area contributed by atoms with Gasteiger partial charge in [-0.15, -0.1) is 0 Å². The van der Waals surface area contributed by atoms with E-state index in [2.05, 4.69) is 10.9 Å². The number of carbonyl (C=O) groups is 3. The van der Waals surface area contributed by atoms with Gasteiger partial charge < -0.3 is 4.74 Å². The molecule has 0 aromatic carbocycles. The Morgan fingerprint density at radius 2 is 1.68 bits per heavy atom. The van der Waals surface area contributed by atoms with Gasteiger partial charge in [0.15, 0.2) is 0 Å². The number of methoxy groups -OCH3 is 1. The minimum absolute atomic E-state index is 0.256. The van der Waals surface area contributed by atoms with E-state index in [0.717, 1.165) is 12.8 Å². The fourth-order valence-electron chi connectivity index (χ4n) is 3.64. The van der Waals surface area contributed by atoms with Crippen LogP contribution in [0.3, 0.4) is 0 Å². The van der Waals surface area contributed by atoms with Gasteiger partial charge in [-0.25, -0.2) is 0 Å². The zero-order valence-electron chi connectivity index (χ0n) is 13.8. The molecule has 0 radical (unpaired) electrons. The van der Waals surface area contributed by atoms with Crippen LogP contribution in [0.1, 0.15) is 52.9 Å². The Bertz CT molecular complexity index is 473. The summed E-state index contributed by atoms with van der Waals surface area (Å²) in [5.41, 5.74) is 3.66. The third-order valence-electron chi connectivity index (χ3n) is 5.12. The molecule has 3 rings (SSSR count). The zero-order valence-corrected chi connectivity index (χ0v) is 13.8. The van der Waals surface area contributed by atoms with Gasteiger partial charge in [0.05, 0.1) is 18.4 Å². The van der Waals surface area contributed by atoms with E-state index in [4.69, 9.17) is 4.74 Å². The van der Waals surface area contributed by atoms with Gasteiger partial charge in [0, 0.05) is 5.41 Å². The second-order valence-electron chi connectivity index (χ2n) is 7.57. The van der Waals surface area contributed by atoms with E-state index < -0.39 is 16.7 Å². The van der Waals surface area contributed by atoms with Gasteiger partial charge >= 0.3 is 5.97 Å². The quantitative estimate of drug-likeness (QED) is 0.598. The van der Waals surface area contributed by atoms with Crippen molar-refractivity contribution in [2.24, 2.45) is 22.7 Å². The second-order valence-corrected chi connectivity index (χ2v) is 7.57. The van der Waals surface area contributed by atoms with Crippen LogP contribution in [0, 0.1) is 22.7 Å². The Kier molecular flexibility index (Phi) is 4.49. The molecular formula is C16H26N2O4. The first-order chi connectivity index (χ1) is 10.2. The molecule has 2 amide bonds. The van der Waals surface area contributed by atoms with Gasteiger partial charge in [-0.1, -0.05) is 20.8 Å². The van der Waals surface area contributed by atoms with Gasteiger partial charge in [-0.05, 0) is 38.0 Å². The lowest BCUT2D eigenvalue weighted by Crippen LogP contribution is -2.57. The molecule has 3 fully saturated rings. The molecule has 1 atom stereocenters. The van der Waals surface area contributed by atoms with Crippen molar-refractivity contribution >= 4 is 17.8 Å². The number of esters is 1. The van der Waals surface area contributed by atoms with Crippen molar-refractivity contribution in [2.45, 2.75) is 52.9 Å². The molecule has 0 aliphatic heterocycles. The molecule has 124 valence electrons. The van der Waals surface area contributed by atoms with Crippen LogP contribution in [0.5, 0.6) is 0 Å². The predicted octanol–water partition coefficient (Wildman–Crippen LogP) is 1.55. The van der Waals surface area contributed by atoms with E-state index in [1.807, 2.05) is 0 Å². The van der Waals surface area contributed by atoms with E-state index >= 15 is 0 Å². The molecule has 0 heterocycles. The molecular weight excluding hydrogens is 284 g/mol. The van der Waals surface area contributed by atoms with Gasteiger partial charge in [-0.2, -0.15) is 0 Å². The summed E-state index contributed by atoms with van der Waals surface area (Å²) in [4.78, 5) is 36.6. The molecule has 2 bridgehead atoms. The number of rotatable bonds is 2. The Balaban J connectivity index is 2.08. The Labute approximate surface area is 131 Å². The fourth-order valence-corrected chi connectivity index (χ4v) is 3.64. The molecule has 2 N–H and O–H groups in total. The number of hydrogen-bond acceptors (Lipinski definition) is 4. The molecule has 6 heteroatoms. The van der Waals surface area contributed by atoms with Crippen LogP contribution in [0.25, 0.3) is 0 Å². The number of amides is 2. The maximum absolute atomic E-state index is 12.5. The summed E-state index contributed by atoms with van der Waals surface area (Å²) < 4.78 is 4.96. The average Bonchev–Trinajstić information content (AvgIpc) is 2.51. The molecule has 3 saturated carbocycles. The molecule has 0 aromatic rings. The first-order valence-corrected chi connectivity index (χ1v) is 7.89. The molecule has 6 nitrogen and oxygen atoms in total. The highest BCUT2D eigenvalue weighted by atomic mass is 16.5. The Morgan fingerprint density at radius 3 is 2.18 bits per heavy atom. The van der Waals surface area contributed by atoms with Crippen LogP contribution >= 0.6 is 0 Å². The topological polar surface area (TPSA) is 84.5 Å². The lowest BCUT2D eigenvalue weighted by atomic mass is 9.54. The van der Waals surface area contributed by atoms with Crippen LogP contribution in [0.2, 0.25) is 0 Å². The maximum Gasteiger partial charge on any atom is 0.312 e. The normalized spacial score (nSPS) is 30.5. The highest BCUT2D eigenvalue weighted by Gasteiger charge is 2.56. The molecule has 0 saturated heterocycles. The van der Waals surface area contributed by atoms with Crippen molar-refractivity contribution in [2.75, 3.05) is 7.11 Å². The smallest absolute Gasteiger partial charge is 0.312 e. The molecule has 3 aliphatic carbocycles. The number of hydrogen-bond donors (Lipinski definition) is 2. The van der Waals surface area contributed by atoms with E-state index in [9.17, 15) is 14.4 Å². The zero-order chi connectivity index (χ0) is 16.5. The van der Waals surface area contributed by atoms with Gasteiger partial charge in [0.2, 0.25) is 11.8 Å². The summed E-state index contributed by atoms with van der Waals surface area (Å²) in [5.74, 6) is -0.775. The summed E-state index contributed by atoms with van der Waals surface area (Å²) in [7, 11) is 1.37. The van der Waals surface area contributed by atoms with Crippen LogP contribution in [-0.4, -0.2) is 24.9 Å². The minimum Gasteiger partial charge on any atom is -0.469 e. The van der Waals surface area contributed by atoms with Gasteiger partial charge in [0.1, 0.15) is 0 Å². The average molecular weight is 310 g/mol. The number of carbonyl (C=O) groups excluding carboxylic acids is 3. The standard InChI is InChI=1S/C16H26N2O4/c1-15(2,3)13(20)18-17-12(19)11-9-10-5-7-16(11,8-6-10)14(21)22-4/h10-11H,5-9H2,1-4H3,(H,17,19)(H,18,20). The van der Waals surface area contributed by atoms with Crippen LogP contribution in [-0.2, 0) is 19.1 Å². The summed E-state index contributed by atoms with van der Waals surface area (Å²) in [6.45, 7) is 5.31. The Hall–Kier alpha value is -1.59. The largest absolute Gasteiger partial charge is 0.469 e.